The van der Waals surface area contributed by atoms with E-state index in [4.69, 9.17) is 5.73 Å². The molecular weight excluding hydrogens is 207 g/mol. The maximum Gasteiger partial charge on any atom is 1.00 e. The van der Waals surface area contributed by atoms with E-state index in [0.717, 1.165) is 5.56 Å². The molecule has 0 saturated heterocycles. The van der Waals surface area contributed by atoms with Gasteiger partial charge in [-0.15, -0.1) is 0 Å². The Morgan fingerprint density at radius 2 is 1.86 bits per heavy atom. The molecule has 1 aromatic heterocycles. The van der Waals surface area contributed by atoms with E-state index in [1.54, 1.807) is 0 Å². The molecule has 5 heteroatoms. The van der Waals surface area contributed by atoms with Gasteiger partial charge in [0.15, 0.2) is 5.13 Å². The van der Waals surface area contributed by atoms with Crippen molar-refractivity contribution in [2.45, 2.75) is 0 Å². The SMILES string of the molecule is Nc1nc([O-])c(-c2ccccc2)s1.[Na+]. The number of thiazole rings is 1. The van der Waals surface area contributed by atoms with Crippen LogP contribution in [-0.4, -0.2) is 4.98 Å². The fourth-order valence-electron chi connectivity index (χ4n) is 1.09. The molecule has 1 heterocycles. The van der Waals surface area contributed by atoms with Gasteiger partial charge in [-0.05, 0) is 5.56 Å². The van der Waals surface area contributed by atoms with Crippen molar-refractivity contribution < 1.29 is 34.7 Å². The van der Waals surface area contributed by atoms with Gasteiger partial charge >= 0.3 is 29.6 Å². The maximum absolute atomic E-state index is 11.3. The number of rotatable bonds is 1. The molecule has 0 bridgehead atoms. The van der Waals surface area contributed by atoms with Crippen LogP contribution in [0.15, 0.2) is 30.3 Å². The first-order valence-electron chi connectivity index (χ1n) is 3.76. The third-order valence-corrected chi connectivity index (χ3v) is 2.56. The predicted octanol–water partition coefficient (Wildman–Crippen LogP) is -1.53. The Morgan fingerprint density at radius 3 is 2.36 bits per heavy atom. The number of hydrogen-bond acceptors (Lipinski definition) is 4. The van der Waals surface area contributed by atoms with E-state index in [2.05, 4.69) is 4.98 Å². The summed E-state index contributed by atoms with van der Waals surface area (Å²) >= 11 is 1.22. The molecule has 0 aliphatic carbocycles. The third kappa shape index (κ3) is 2.27. The minimum absolute atomic E-state index is 0. The average molecular weight is 214 g/mol. The van der Waals surface area contributed by atoms with Crippen LogP contribution in [0.5, 0.6) is 5.88 Å². The number of benzene rings is 1. The molecule has 0 aliphatic heterocycles. The van der Waals surface area contributed by atoms with Gasteiger partial charge in [-0.3, -0.25) is 0 Å². The molecule has 0 spiro atoms. The summed E-state index contributed by atoms with van der Waals surface area (Å²) in [6, 6.07) is 9.40. The molecule has 2 N–H and O–H groups in total. The summed E-state index contributed by atoms with van der Waals surface area (Å²) < 4.78 is 0. The van der Waals surface area contributed by atoms with E-state index >= 15 is 0 Å². The quantitative estimate of drug-likeness (QED) is 0.586. The van der Waals surface area contributed by atoms with Crippen LogP contribution in [-0.2, 0) is 0 Å². The Labute approximate surface area is 108 Å². The topological polar surface area (TPSA) is 62.0 Å². The third-order valence-electron chi connectivity index (χ3n) is 1.65. The van der Waals surface area contributed by atoms with Gasteiger partial charge in [0.05, 0.1) is 0 Å². The minimum Gasteiger partial charge on any atom is -0.858 e. The monoisotopic (exact) mass is 214 g/mol. The van der Waals surface area contributed by atoms with Gasteiger partial charge in [0.1, 0.15) is 0 Å². The van der Waals surface area contributed by atoms with E-state index in [-0.39, 0.29) is 35.4 Å². The number of nitrogen functional groups attached to an aromatic ring is 1. The first kappa shape index (κ1) is 11.5. The zero-order valence-corrected chi connectivity index (χ0v) is 10.5. The molecule has 2 rings (SSSR count). The number of nitrogens with zero attached hydrogens (tertiary/aromatic N) is 1. The summed E-state index contributed by atoms with van der Waals surface area (Å²) in [4.78, 5) is 4.24. The van der Waals surface area contributed by atoms with Crippen LogP contribution in [0.2, 0.25) is 0 Å². The van der Waals surface area contributed by atoms with Gasteiger partial charge in [0, 0.05) is 10.8 Å². The number of hydrogen-bond donors (Lipinski definition) is 1. The van der Waals surface area contributed by atoms with Crippen molar-refractivity contribution in [3.63, 3.8) is 0 Å². The van der Waals surface area contributed by atoms with Crippen LogP contribution in [0.4, 0.5) is 5.13 Å². The van der Waals surface area contributed by atoms with Gasteiger partial charge in [0.2, 0.25) is 0 Å². The van der Waals surface area contributed by atoms with Crippen molar-refractivity contribution in [1.82, 2.24) is 4.98 Å². The summed E-state index contributed by atoms with van der Waals surface area (Å²) in [6.07, 6.45) is 0. The average Bonchev–Trinajstić information content (AvgIpc) is 2.47. The zero-order valence-electron chi connectivity index (χ0n) is 7.73. The fraction of sp³-hybridized carbons (Fsp3) is 0. The van der Waals surface area contributed by atoms with E-state index in [1.165, 1.54) is 11.3 Å². The smallest absolute Gasteiger partial charge is 0.858 e. The van der Waals surface area contributed by atoms with E-state index in [0.29, 0.717) is 10.0 Å². The molecular formula is C9H7N2NaOS. The largest absolute Gasteiger partial charge is 1.00 e. The first-order valence-corrected chi connectivity index (χ1v) is 4.58. The molecule has 2 aromatic rings. The van der Waals surface area contributed by atoms with Gasteiger partial charge in [-0.1, -0.05) is 41.7 Å². The standard InChI is InChI=1S/C9H8N2OS.Na/c10-9-11-8(12)7(13-9)6-4-2-1-3-5-6;/h1-5,12H,(H2,10,11);/q;+1/p-1. The summed E-state index contributed by atoms with van der Waals surface area (Å²) in [7, 11) is 0. The van der Waals surface area contributed by atoms with E-state index in [9.17, 15) is 5.11 Å². The molecule has 0 radical (unpaired) electrons. The summed E-state index contributed by atoms with van der Waals surface area (Å²) in [5, 5.41) is 11.6. The summed E-state index contributed by atoms with van der Waals surface area (Å²) in [5.74, 6) is -0.242. The van der Waals surface area contributed by atoms with E-state index in [1.807, 2.05) is 30.3 Å². The predicted molar refractivity (Wildman–Crippen MR) is 51.4 cm³/mol. The van der Waals surface area contributed by atoms with Crippen molar-refractivity contribution in [1.29, 1.82) is 0 Å². The van der Waals surface area contributed by atoms with Crippen LogP contribution >= 0.6 is 11.3 Å². The number of nitrogens with two attached hydrogens (primary N) is 1. The van der Waals surface area contributed by atoms with Crippen molar-refractivity contribution in [2.75, 3.05) is 5.73 Å². The minimum atomic E-state index is -0.242. The Morgan fingerprint density at radius 1 is 1.21 bits per heavy atom. The zero-order chi connectivity index (χ0) is 9.26. The Balaban J connectivity index is 0.000000980. The van der Waals surface area contributed by atoms with Gasteiger partial charge < -0.3 is 10.8 Å². The fourth-order valence-corrected chi connectivity index (χ4v) is 1.82. The molecule has 0 amide bonds. The van der Waals surface area contributed by atoms with E-state index < -0.39 is 0 Å². The second-order valence-electron chi connectivity index (χ2n) is 2.55. The Kier molecular flexibility index (Phi) is 3.95. The Bertz CT molecular complexity index is 416. The molecule has 0 atom stereocenters. The van der Waals surface area contributed by atoms with Crippen molar-refractivity contribution in [2.24, 2.45) is 0 Å². The van der Waals surface area contributed by atoms with Crippen LogP contribution in [0, 0.1) is 0 Å². The molecule has 0 aliphatic rings. The summed E-state index contributed by atoms with van der Waals surface area (Å²) in [6.45, 7) is 0. The molecule has 0 fully saturated rings. The Hall–Kier alpha value is -0.550. The molecule has 1 aromatic carbocycles. The molecule has 3 nitrogen and oxygen atoms in total. The van der Waals surface area contributed by atoms with Gasteiger partial charge in [0.25, 0.3) is 0 Å². The second-order valence-corrected chi connectivity index (χ2v) is 3.58. The normalized spacial score (nSPS) is 9.43. The van der Waals surface area contributed by atoms with Gasteiger partial charge in [-0.2, -0.15) is 0 Å². The number of aromatic nitrogens is 1. The van der Waals surface area contributed by atoms with Crippen molar-refractivity contribution in [3.8, 4) is 16.3 Å². The molecule has 0 saturated carbocycles. The molecule has 0 unspecified atom stereocenters. The van der Waals surface area contributed by atoms with Gasteiger partial charge in [-0.25, -0.2) is 4.98 Å². The van der Waals surface area contributed by atoms with Crippen molar-refractivity contribution in [3.05, 3.63) is 30.3 Å². The maximum atomic E-state index is 11.3. The van der Waals surface area contributed by atoms with Crippen LogP contribution in [0.3, 0.4) is 0 Å². The van der Waals surface area contributed by atoms with Crippen LogP contribution in [0.1, 0.15) is 0 Å². The number of anilines is 1. The first-order chi connectivity index (χ1) is 6.27. The second kappa shape index (κ2) is 4.79. The summed E-state index contributed by atoms with van der Waals surface area (Å²) in [5.41, 5.74) is 6.30. The molecule has 66 valence electrons. The van der Waals surface area contributed by atoms with Crippen LogP contribution in [0.25, 0.3) is 10.4 Å². The van der Waals surface area contributed by atoms with Crippen LogP contribution < -0.4 is 40.4 Å². The van der Waals surface area contributed by atoms with Crippen molar-refractivity contribution >= 4 is 16.5 Å². The molecule has 14 heavy (non-hydrogen) atoms.